The molecule has 8 nitrogen and oxygen atoms in total. The van der Waals surface area contributed by atoms with Gasteiger partial charge in [0.05, 0.1) is 18.3 Å². The lowest BCUT2D eigenvalue weighted by molar-refractivity contribution is 0.270. The Hall–Kier alpha value is -1.95. The highest BCUT2D eigenvalue weighted by molar-refractivity contribution is 14.0. The van der Waals surface area contributed by atoms with E-state index in [2.05, 4.69) is 37.4 Å². The van der Waals surface area contributed by atoms with Crippen LogP contribution in [0, 0.1) is 12.7 Å². The maximum atomic E-state index is 14.9. The lowest BCUT2D eigenvalue weighted by atomic mass is 10.1. The fourth-order valence-electron chi connectivity index (χ4n) is 4.47. The van der Waals surface area contributed by atoms with E-state index in [0.717, 1.165) is 75.9 Å². The molecule has 182 valence electrons. The molecule has 1 atom stereocenters. The molecule has 33 heavy (non-hydrogen) atoms. The minimum atomic E-state index is -0.170. The zero-order valence-corrected chi connectivity index (χ0v) is 22.2. The van der Waals surface area contributed by atoms with Crippen LogP contribution < -0.4 is 15.5 Å². The van der Waals surface area contributed by atoms with Gasteiger partial charge in [0.2, 0.25) is 0 Å². The summed E-state index contributed by atoms with van der Waals surface area (Å²) in [5, 5.41) is 11.3. The Bertz CT molecular complexity index is 939. The number of halogens is 2. The van der Waals surface area contributed by atoms with E-state index in [-0.39, 0.29) is 35.8 Å². The molecule has 1 aromatic carbocycles. The van der Waals surface area contributed by atoms with E-state index in [9.17, 15) is 4.39 Å². The number of anilines is 1. The number of rotatable bonds is 6. The van der Waals surface area contributed by atoms with Crippen LogP contribution in [0.4, 0.5) is 10.1 Å². The molecule has 0 radical (unpaired) electrons. The van der Waals surface area contributed by atoms with Crippen molar-refractivity contribution >= 4 is 35.6 Å². The molecule has 0 spiro atoms. The van der Waals surface area contributed by atoms with Crippen molar-refractivity contribution in [2.24, 2.45) is 4.99 Å². The van der Waals surface area contributed by atoms with Gasteiger partial charge in [0.25, 0.3) is 0 Å². The van der Waals surface area contributed by atoms with Crippen molar-refractivity contribution in [3.8, 4) is 0 Å². The van der Waals surface area contributed by atoms with Crippen molar-refractivity contribution in [2.75, 3.05) is 44.2 Å². The second kappa shape index (κ2) is 12.0. The number of guanidine groups is 1. The monoisotopic (exact) mass is 570 g/mol. The SMILES string of the molecule is CCNC(=NCc1ccc(N2CCN(CC)CC2)c(F)c1)NC1CCCn2nc(C)nc21.I. The molecule has 2 aliphatic heterocycles. The number of nitrogens with one attached hydrogen (secondary N) is 2. The summed E-state index contributed by atoms with van der Waals surface area (Å²) in [6.45, 7) is 12.9. The fourth-order valence-corrected chi connectivity index (χ4v) is 4.47. The van der Waals surface area contributed by atoms with Gasteiger partial charge in [-0.3, -0.25) is 0 Å². The average molecular weight is 570 g/mol. The topological polar surface area (TPSA) is 73.6 Å². The van der Waals surface area contributed by atoms with Crippen LogP contribution in [0.5, 0.6) is 0 Å². The number of benzene rings is 1. The number of aromatic nitrogens is 3. The predicted molar refractivity (Wildman–Crippen MR) is 141 cm³/mol. The summed E-state index contributed by atoms with van der Waals surface area (Å²) < 4.78 is 16.9. The van der Waals surface area contributed by atoms with E-state index >= 15 is 0 Å². The van der Waals surface area contributed by atoms with Crippen LogP contribution in [0.1, 0.15) is 49.9 Å². The number of hydrogen-bond donors (Lipinski definition) is 2. The van der Waals surface area contributed by atoms with Gasteiger partial charge in [0, 0.05) is 39.3 Å². The summed E-state index contributed by atoms with van der Waals surface area (Å²) in [6.07, 6.45) is 2.03. The van der Waals surface area contributed by atoms with Crippen molar-refractivity contribution in [1.29, 1.82) is 0 Å². The molecule has 2 aromatic rings. The largest absolute Gasteiger partial charge is 0.367 e. The summed E-state index contributed by atoms with van der Waals surface area (Å²) in [7, 11) is 0. The molecule has 1 fully saturated rings. The number of aliphatic imine (C=N–C) groups is 1. The van der Waals surface area contributed by atoms with Gasteiger partial charge < -0.3 is 20.4 Å². The van der Waals surface area contributed by atoms with Gasteiger partial charge in [0.1, 0.15) is 17.5 Å². The molecule has 10 heteroatoms. The molecule has 4 rings (SSSR count). The van der Waals surface area contributed by atoms with E-state index in [1.807, 2.05) is 30.7 Å². The maximum Gasteiger partial charge on any atom is 0.192 e. The molecule has 2 aliphatic rings. The maximum absolute atomic E-state index is 14.9. The van der Waals surface area contributed by atoms with Gasteiger partial charge in [0.15, 0.2) is 5.96 Å². The normalized spacial score (nSPS) is 19.1. The first-order valence-electron chi connectivity index (χ1n) is 11.8. The zero-order chi connectivity index (χ0) is 22.5. The van der Waals surface area contributed by atoms with Gasteiger partial charge in [-0.2, -0.15) is 5.10 Å². The fraction of sp³-hybridized carbons (Fsp3) is 0.609. The first kappa shape index (κ1) is 25.7. The lowest BCUT2D eigenvalue weighted by Gasteiger charge is -2.35. The van der Waals surface area contributed by atoms with Gasteiger partial charge in [-0.05, 0) is 50.9 Å². The van der Waals surface area contributed by atoms with Crippen LogP contribution in [0.2, 0.25) is 0 Å². The highest BCUT2D eigenvalue weighted by Gasteiger charge is 2.24. The smallest absolute Gasteiger partial charge is 0.192 e. The van der Waals surface area contributed by atoms with Crippen LogP contribution in [-0.2, 0) is 13.1 Å². The Morgan fingerprint density at radius 1 is 1.18 bits per heavy atom. The number of fused-ring (bicyclic) bond motifs is 1. The minimum Gasteiger partial charge on any atom is -0.367 e. The summed E-state index contributed by atoms with van der Waals surface area (Å²) in [5.74, 6) is 2.29. The molecule has 0 aliphatic carbocycles. The quantitative estimate of drug-likeness (QED) is 0.316. The molecule has 1 saturated heterocycles. The summed E-state index contributed by atoms with van der Waals surface area (Å²) in [5.41, 5.74) is 1.55. The van der Waals surface area contributed by atoms with Crippen molar-refractivity contribution in [3.63, 3.8) is 0 Å². The van der Waals surface area contributed by atoms with E-state index in [0.29, 0.717) is 18.2 Å². The van der Waals surface area contributed by atoms with E-state index in [1.54, 1.807) is 6.07 Å². The highest BCUT2D eigenvalue weighted by atomic mass is 127. The van der Waals surface area contributed by atoms with Gasteiger partial charge >= 0.3 is 0 Å². The molecule has 0 amide bonds. The van der Waals surface area contributed by atoms with Crippen LogP contribution in [-0.4, -0.2) is 64.9 Å². The second-order valence-electron chi connectivity index (χ2n) is 8.48. The number of piperazine rings is 1. The Labute approximate surface area is 213 Å². The molecule has 1 unspecified atom stereocenters. The van der Waals surface area contributed by atoms with Gasteiger partial charge in [-0.25, -0.2) is 19.0 Å². The molecule has 3 heterocycles. The Morgan fingerprint density at radius 3 is 2.67 bits per heavy atom. The number of hydrogen-bond acceptors (Lipinski definition) is 5. The van der Waals surface area contributed by atoms with Crippen LogP contribution >= 0.6 is 24.0 Å². The summed E-state index contributed by atoms with van der Waals surface area (Å²) >= 11 is 0. The van der Waals surface area contributed by atoms with Crippen LogP contribution in [0.3, 0.4) is 0 Å². The Kier molecular flexibility index (Phi) is 9.30. The van der Waals surface area contributed by atoms with Crippen molar-refractivity contribution < 1.29 is 4.39 Å². The third-order valence-electron chi connectivity index (χ3n) is 6.23. The molecule has 1 aromatic heterocycles. The van der Waals surface area contributed by atoms with E-state index in [1.165, 1.54) is 0 Å². The third kappa shape index (κ3) is 6.34. The first-order chi connectivity index (χ1) is 15.6. The predicted octanol–water partition coefficient (Wildman–Crippen LogP) is 3.08. The summed E-state index contributed by atoms with van der Waals surface area (Å²) in [6, 6.07) is 5.57. The average Bonchev–Trinajstić information content (AvgIpc) is 3.19. The standard InChI is InChI=1S/C23H35FN8.HI/c1-4-25-23(28-20-7-6-10-32-22(20)27-17(3)29-32)26-16-18-8-9-21(19(24)15-18)31-13-11-30(5-2)12-14-31;/h8-9,15,20H,4-7,10-14,16H2,1-3H3,(H2,25,26,28);1H. The number of likely N-dealkylation sites (N-methyl/N-ethyl adjacent to an activating group) is 1. The lowest BCUT2D eigenvalue weighted by Crippen LogP contribution is -2.46. The van der Waals surface area contributed by atoms with Crippen LogP contribution in [0.25, 0.3) is 0 Å². The van der Waals surface area contributed by atoms with E-state index < -0.39 is 0 Å². The molecule has 0 saturated carbocycles. The molecular weight excluding hydrogens is 534 g/mol. The second-order valence-corrected chi connectivity index (χ2v) is 8.48. The summed E-state index contributed by atoms with van der Waals surface area (Å²) in [4.78, 5) is 13.8. The Morgan fingerprint density at radius 2 is 1.97 bits per heavy atom. The van der Waals surface area contributed by atoms with Crippen LogP contribution in [0.15, 0.2) is 23.2 Å². The Balaban J connectivity index is 0.00000306. The van der Waals surface area contributed by atoms with Gasteiger partial charge in [-0.15, -0.1) is 24.0 Å². The highest BCUT2D eigenvalue weighted by Crippen LogP contribution is 2.24. The minimum absolute atomic E-state index is 0. The van der Waals surface area contributed by atoms with Crippen molar-refractivity contribution in [2.45, 2.75) is 52.7 Å². The molecule has 0 bridgehead atoms. The number of aryl methyl sites for hydroxylation is 2. The molecular formula is C23H36FIN8. The number of nitrogens with zero attached hydrogens (tertiary/aromatic N) is 6. The first-order valence-corrected chi connectivity index (χ1v) is 11.8. The van der Waals surface area contributed by atoms with Crippen molar-refractivity contribution in [1.82, 2.24) is 30.3 Å². The zero-order valence-electron chi connectivity index (χ0n) is 19.8. The molecule has 2 N–H and O–H groups in total. The third-order valence-corrected chi connectivity index (χ3v) is 6.23. The van der Waals surface area contributed by atoms with Crippen molar-refractivity contribution in [3.05, 3.63) is 41.2 Å². The van der Waals surface area contributed by atoms with E-state index in [4.69, 9.17) is 4.99 Å². The van der Waals surface area contributed by atoms with Gasteiger partial charge in [-0.1, -0.05) is 13.0 Å².